The molecule has 6 rings (SSSR count). The topological polar surface area (TPSA) is 67.4 Å². The lowest BCUT2D eigenvalue weighted by Crippen LogP contribution is -2.58. The van der Waals surface area contributed by atoms with Gasteiger partial charge in [0.2, 0.25) is 11.8 Å². The monoisotopic (exact) mass is 676 g/mol. The number of piperazine rings is 1. The molecule has 0 bridgehead atoms. The molecule has 8 heteroatoms. The SMILES string of the molecule is C[C@@H]1CN(c2ccc(-c3ccc(OCc4ccccc4)nc3OCc3ccccc3)cc2)C[C@H](C)N1CC1CCN(C(=O)OC(C)(C)C)CC1. The zero-order chi connectivity index (χ0) is 35.1. The van der Waals surface area contributed by atoms with Crippen LogP contribution >= 0.6 is 0 Å². The van der Waals surface area contributed by atoms with Crippen LogP contribution in [-0.2, 0) is 18.0 Å². The van der Waals surface area contributed by atoms with Crippen molar-refractivity contribution in [3.05, 3.63) is 108 Å². The average Bonchev–Trinajstić information content (AvgIpc) is 3.12. The highest BCUT2D eigenvalue weighted by Crippen LogP contribution is 2.34. The maximum Gasteiger partial charge on any atom is 0.410 e. The summed E-state index contributed by atoms with van der Waals surface area (Å²) in [6, 6.07) is 33.9. The van der Waals surface area contributed by atoms with Crippen molar-refractivity contribution in [1.82, 2.24) is 14.8 Å². The third-order valence-electron chi connectivity index (χ3n) is 9.66. The van der Waals surface area contributed by atoms with Gasteiger partial charge in [0.1, 0.15) is 18.8 Å². The molecule has 50 heavy (non-hydrogen) atoms. The van der Waals surface area contributed by atoms with E-state index in [2.05, 4.69) is 60.0 Å². The zero-order valence-corrected chi connectivity index (χ0v) is 30.3. The molecule has 4 aromatic rings. The third kappa shape index (κ3) is 9.36. The molecule has 8 nitrogen and oxygen atoms in total. The minimum atomic E-state index is -0.459. The Kier molecular flexibility index (Phi) is 11.3. The number of nitrogens with zero attached hydrogens (tertiary/aromatic N) is 4. The van der Waals surface area contributed by atoms with Gasteiger partial charge in [-0.15, -0.1) is 0 Å². The maximum absolute atomic E-state index is 12.5. The molecule has 0 radical (unpaired) electrons. The van der Waals surface area contributed by atoms with Gasteiger partial charge < -0.3 is 24.0 Å². The number of ether oxygens (including phenoxy) is 3. The summed E-state index contributed by atoms with van der Waals surface area (Å²) in [6.45, 7) is 15.9. The van der Waals surface area contributed by atoms with E-state index in [4.69, 9.17) is 19.2 Å². The number of likely N-dealkylation sites (tertiary alicyclic amines) is 1. The lowest BCUT2D eigenvalue weighted by Gasteiger charge is -2.47. The quantitative estimate of drug-likeness (QED) is 0.167. The van der Waals surface area contributed by atoms with Crippen molar-refractivity contribution in [1.29, 1.82) is 0 Å². The fraction of sp³-hybridized carbons (Fsp3) is 0.429. The molecule has 0 N–H and O–H groups in total. The third-order valence-corrected chi connectivity index (χ3v) is 9.66. The zero-order valence-electron chi connectivity index (χ0n) is 30.3. The summed E-state index contributed by atoms with van der Waals surface area (Å²) in [4.78, 5) is 24.4. The summed E-state index contributed by atoms with van der Waals surface area (Å²) in [5.41, 5.74) is 4.92. The predicted octanol–water partition coefficient (Wildman–Crippen LogP) is 8.45. The van der Waals surface area contributed by atoms with Crippen molar-refractivity contribution < 1.29 is 19.0 Å². The summed E-state index contributed by atoms with van der Waals surface area (Å²) < 4.78 is 18.0. The summed E-state index contributed by atoms with van der Waals surface area (Å²) >= 11 is 0. The number of pyridine rings is 1. The van der Waals surface area contributed by atoms with Crippen LogP contribution in [0.5, 0.6) is 11.8 Å². The molecule has 1 amide bonds. The molecular formula is C42H52N4O4. The van der Waals surface area contributed by atoms with Crippen molar-refractivity contribution in [3.8, 4) is 22.9 Å². The first kappa shape index (κ1) is 35.3. The smallest absolute Gasteiger partial charge is 0.410 e. The molecule has 3 heterocycles. The molecular weight excluding hydrogens is 624 g/mol. The first-order valence-corrected chi connectivity index (χ1v) is 18.0. The molecule has 0 spiro atoms. The standard InChI is InChI=1S/C42H52N4O4/c1-31-26-45(27-32(2)46(31)28-33-22-24-44(25-23-33)41(47)50-42(3,4)5)37-18-16-36(17-19-37)38-20-21-39(48-29-34-12-8-6-9-13-34)43-40(38)49-30-35-14-10-7-11-15-35/h6-21,31-33H,22-30H2,1-5H3/t31-,32+. The van der Waals surface area contributed by atoms with Crippen LogP contribution in [0.3, 0.4) is 0 Å². The molecule has 2 atom stereocenters. The Hall–Kier alpha value is -4.56. The van der Waals surface area contributed by atoms with Gasteiger partial charge in [0, 0.05) is 62.1 Å². The van der Waals surface area contributed by atoms with Crippen LogP contribution in [0.1, 0.15) is 58.6 Å². The van der Waals surface area contributed by atoms with Gasteiger partial charge >= 0.3 is 6.09 Å². The first-order chi connectivity index (χ1) is 24.1. The number of aromatic nitrogens is 1. The van der Waals surface area contributed by atoms with Crippen molar-refractivity contribution in [2.24, 2.45) is 5.92 Å². The van der Waals surface area contributed by atoms with E-state index < -0.39 is 5.60 Å². The van der Waals surface area contributed by atoms with Crippen LogP contribution in [0.4, 0.5) is 10.5 Å². The largest absolute Gasteiger partial charge is 0.473 e. The maximum atomic E-state index is 12.5. The highest BCUT2D eigenvalue weighted by molar-refractivity contribution is 5.71. The van der Waals surface area contributed by atoms with E-state index in [0.29, 0.717) is 43.0 Å². The number of benzene rings is 3. The minimum absolute atomic E-state index is 0.186. The van der Waals surface area contributed by atoms with E-state index >= 15 is 0 Å². The fourth-order valence-corrected chi connectivity index (χ4v) is 6.99. The second-order valence-electron chi connectivity index (χ2n) is 14.8. The van der Waals surface area contributed by atoms with E-state index in [-0.39, 0.29) is 6.09 Å². The summed E-state index contributed by atoms with van der Waals surface area (Å²) in [5.74, 6) is 1.68. The van der Waals surface area contributed by atoms with Crippen LogP contribution in [0.25, 0.3) is 11.1 Å². The van der Waals surface area contributed by atoms with E-state index in [9.17, 15) is 4.79 Å². The number of piperidine rings is 1. The van der Waals surface area contributed by atoms with Crippen LogP contribution in [0, 0.1) is 5.92 Å². The lowest BCUT2D eigenvalue weighted by atomic mass is 9.94. The van der Waals surface area contributed by atoms with Gasteiger partial charge in [-0.1, -0.05) is 72.8 Å². The molecule has 1 aromatic heterocycles. The predicted molar refractivity (Wildman–Crippen MR) is 200 cm³/mol. The number of anilines is 1. The second-order valence-corrected chi connectivity index (χ2v) is 14.8. The van der Waals surface area contributed by atoms with Gasteiger partial charge in [0.25, 0.3) is 0 Å². The Labute approximate surface area is 298 Å². The van der Waals surface area contributed by atoms with Crippen molar-refractivity contribution in [3.63, 3.8) is 0 Å². The summed E-state index contributed by atoms with van der Waals surface area (Å²) in [6.07, 6.45) is 1.85. The van der Waals surface area contributed by atoms with Gasteiger partial charge in [0.05, 0.1) is 0 Å². The van der Waals surface area contributed by atoms with Crippen LogP contribution in [0.2, 0.25) is 0 Å². The van der Waals surface area contributed by atoms with Gasteiger partial charge in [-0.2, -0.15) is 4.98 Å². The van der Waals surface area contributed by atoms with Crippen LogP contribution in [0.15, 0.2) is 97.1 Å². The van der Waals surface area contributed by atoms with Gasteiger partial charge in [-0.25, -0.2) is 4.79 Å². The molecule has 2 fully saturated rings. The van der Waals surface area contributed by atoms with Crippen molar-refractivity contribution >= 4 is 11.8 Å². The highest BCUT2D eigenvalue weighted by Gasteiger charge is 2.33. The summed E-state index contributed by atoms with van der Waals surface area (Å²) in [7, 11) is 0. The molecule has 2 saturated heterocycles. The molecule has 2 aliphatic heterocycles. The number of carbonyl (C=O) groups is 1. The van der Waals surface area contributed by atoms with E-state index in [1.54, 1.807) is 0 Å². The molecule has 264 valence electrons. The Morgan fingerprint density at radius 3 is 1.92 bits per heavy atom. The Bertz CT molecular complexity index is 1660. The summed E-state index contributed by atoms with van der Waals surface area (Å²) in [5, 5.41) is 0. The molecule has 2 aliphatic rings. The van der Waals surface area contributed by atoms with E-state index in [0.717, 1.165) is 67.8 Å². The number of carbonyl (C=O) groups excluding carboxylic acids is 1. The van der Waals surface area contributed by atoms with Crippen molar-refractivity contribution in [2.75, 3.05) is 37.6 Å². The second kappa shape index (κ2) is 16.0. The Morgan fingerprint density at radius 2 is 1.34 bits per heavy atom. The minimum Gasteiger partial charge on any atom is -0.473 e. The Balaban J connectivity index is 1.08. The number of rotatable bonds is 10. The number of amides is 1. The number of hydrogen-bond donors (Lipinski definition) is 0. The van der Waals surface area contributed by atoms with E-state index in [1.165, 1.54) is 5.69 Å². The van der Waals surface area contributed by atoms with E-state index in [1.807, 2.05) is 86.3 Å². The molecule has 0 unspecified atom stereocenters. The van der Waals surface area contributed by atoms with Gasteiger partial charge in [0.15, 0.2) is 0 Å². The normalized spacial score (nSPS) is 18.9. The molecule has 3 aromatic carbocycles. The van der Waals surface area contributed by atoms with Crippen LogP contribution in [-0.4, -0.2) is 71.3 Å². The van der Waals surface area contributed by atoms with Gasteiger partial charge in [-0.05, 0) is 88.3 Å². The average molecular weight is 677 g/mol. The lowest BCUT2D eigenvalue weighted by molar-refractivity contribution is 0.0146. The number of hydrogen-bond acceptors (Lipinski definition) is 7. The highest BCUT2D eigenvalue weighted by atomic mass is 16.6. The first-order valence-electron chi connectivity index (χ1n) is 18.0. The molecule has 0 aliphatic carbocycles. The van der Waals surface area contributed by atoms with Gasteiger partial charge in [-0.3, -0.25) is 4.90 Å². The fourth-order valence-electron chi connectivity index (χ4n) is 6.99. The molecule has 0 saturated carbocycles. The van der Waals surface area contributed by atoms with Crippen LogP contribution < -0.4 is 14.4 Å². The van der Waals surface area contributed by atoms with Crippen molar-refractivity contribution in [2.45, 2.75) is 78.4 Å². The Morgan fingerprint density at radius 1 is 0.760 bits per heavy atom.